The lowest BCUT2D eigenvalue weighted by atomic mass is 9.95. The van der Waals surface area contributed by atoms with Gasteiger partial charge in [0.1, 0.15) is 17.5 Å². The zero-order chi connectivity index (χ0) is 29.5. The Morgan fingerprint density at radius 3 is 2.55 bits per heavy atom. The van der Waals surface area contributed by atoms with Crippen LogP contribution in [0.1, 0.15) is 58.4 Å². The number of benzene rings is 2. The molecule has 1 atom stereocenters. The molecule has 4 N–H and O–H groups in total. The molecule has 0 aliphatic carbocycles. The van der Waals surface area contributed by atoms with Crippen LogP contribution in [0.2, 0.25) is 5.02 Å². The first-order chi connectivity index (χ1) is 19.2. The number of β-amino-alcohol motifs (C(OH)–C–C–N with tert-alkyl or cyclic N) is 1. The van der Waals surface area contributed by atoms with Gasteiger partial charge in [-0.05, 0) is 99.7 Å². The van der Waals surface area contributed by atoms with Crippen molar-refractivity contribution in [2.24, 2.45) is 0 Å². The molecule has 2 saturated heterocycles. The van der Waals surface area contributed by atoms with Crippen molar-refractivity contribution in [2.45, 2.75) is 74.4 Å². The van der Waals surface area contributed by atoms with Gasteiger partial charge in [-0.25, -0.2) is 4.39 Å². The number of nitrogens with two attached hydrogens (primary N) is 1. The summed E-state index contributed by atoms with van der Waals surface area (Å²) in [6, 6.07) is 11.8. The van der Waals surface area contributed by atoms with Crippen LogP contribution in [0.15, 0.2) is 46.2 Å². The maximum absolute atomic E-state index is 12.7. The van der Waals surface area contributed by atoms with Crippen molar-refractivity contribution in [3.05, 3.63) is 52.8 Å². The van der Waals surface area contributed by atoms with Gasteiger partial charge >= 0.3 is 0 Å². The molecule has 1 amide bonds. The Balaban J connectivity index is 0.000000269. The number of unbranched alkanes of at least 4 members (excludes halogenated alkanes) is 1. The van der Waals surface area contributed by atoms with Gasteiger partial charge in [0.15, 0.2) is 0 Å². The predicted octanol–water partition coefficient (Wildman–Crippen LogP) is 6.28. The van der Waals surface area contributed by atoms with Crippen molar-refractivity contribution in [3.8, 4) is 6.07 Å². The zero-order valence-electron chi connectivity index (χ0n) is 23.4. The third kappa shape index (κ3) is 11.1. The molecule has 0 spiro atoms. The molecule has 2 fully saturated rings. The number of carbonyl (C=O) groups is 1. The molecule has 2 aliphatic heterocycles. The van der Waals surface area contributed by atoms with Crippen LogP contribution in [-0.2, 0) is 9.53 Å². The number of aliphatic hydroxyl groups excluding tert-OH is 1. The van der Waals surface area contributed by atoms with E-state index in [-0.39, 0.29) is 23.5 Å². The first-order valence-corrected chi connectivity index (χ1v) is 15.8. The average molecular weight is 611 g/mol. The summed E-state index contributed by atoms with van der Waals surface area (Å²) >= 11 is 8.84. The third-order valence-electron chi connectivity index (χ3n) is 6.32. The van der Waals surface area contributed by atoms with E-state index >= 15 is 0 Å². The molecule has 7 nitrogen and oxygen atoms in total. The fourth-order valence-corrected chi connectivity index (χ4v) is 5.93. The molecule has 4 rings (SSSR count). The minimum Gasteiger partial charge on any atom is -0.396 e. The summed E-state index contributed by atoms with van der Waals surface area (Å²) in [4.78, 5) is 16.3. The fourth-order valence-electron chi connectivity index (χ4n) is 3.95. The van der Waals surface area contributed by atoms with E-state index < -0.39 is 5.60 Å². The molecule has 0 saturated carbocycles. The molecule has 1 unspecified atom stereocenters. The number of halogens is 2. The van der Waals surface area contributed by atoms with E-state index in [4.69, 9.17) is 32.4 Å². The number of nitrogens with one attached hydrogen (secondary N) is 1. The summed E-state index contributed by atoms with van der Waals surface area (Å²) in [7, 11) is 0. The highest BCUT2D eigenvalue weighted by Gasteiger charge is 2.36. The van der Waals surface area contributed by atoms with Gasteiger partial charge in [0, 0.05) is 29.5 Å². The first kappa shape index (κ1) is 34.2. The van der Waals surface area contributed by atoms with Gasteiger partial charge in [-0.2, -0.15) is 5.26 Å². The molecule has 2 aromatic rings. The summed E-state index contributed by atoms with van der Waals surface area (Å²) in [6.07, 6.45) is 4.89. The largest absolute Gasteiger partial charge is 0.396 e. The van der Waals surface area contributed by atoms with Crippen molar-refractivity contribution in [3.63, 3.8) is 0 Å². The molecule has 2 aliphatic rings. The predicted molar refractivity (Wildman–Crippen MR) is 163 cm³/mol. The highest BCUT2D eigenvalue weighted by atomic mass is 35.5. The Kier molecular flexibility index (Phi) is 15.2. The van der Waals surface area contributed by atoms with Gasteiger partial charge in [-0.1, -0.05) is 25.4 Å². The van der Waals surface area contributed by atoms with Crippen molar-refractivity contribution in [1.82, 2.24) is 9.62 Å². The number of hydrogen-bond acceptors (Lipinski definition) is 8. The van der Waals surface area contributed by atoms with E-state index in [9.17, 15) is 9.18 Å². The molecular formula is C29H40ClFN4O3S2. The van der Waals surface area contributed by atoms with E-state index in [0.717, 1.165) is 61.5 Å². The van der Waals surface area contributed by atoms with Crippen LogP contribution in [0.3, 0.4) is 0 Å². The number of aliphatic hydroxyl groups is 1. The van der Waals surface area contributed by atoms with Crippen LogP contribution < -0.4 is 10.5 Å². The lowest BCUT2D eigenvalue weighted by Crippen LogP contribution is -2.50. The summed E-state index contributed by atoms with van der Waals surface area (Å²) in [5.74, 6) is 0.714. The number of likely N-dealkylation sites (tertiary alicyclic amines) is 1. The SMILES string of the molecule is CC.CC1(C(=O)NSc2cc(Cl)c(N)c(C#N)c2)CCCCO1.OC1CN(CCCCSc2ccc(F)cc2)C1. The standard InChI is InChI=1S/C14H16ClN3O2S.C13H18FNOS.C2H6/c1-14(4-2-3-5-20-14)13(19)18-21-10-6-9(8-16)12(17)11(15)7-10;14-11-3-5-13(6-4-11)17-8-2-1-7-15-9-12(16)10-15;1-2/h6-7H,2-5,17H2,1H3,(H,18,19);3-6,12,16H,1-2,7-10H2;1-2H3. The van der Waals surface area contributed by atoms with Gasteiger partial charge in [-0.15, -0.1) is 11.8 Å². The Morgan fingerprint density at radius 2 is 1.95 bits per heavy atom. The topological polar surface area (TPSA) is 112 Å². The molecule has 220 valence electrons. The normalized spacial score (nSPS) is 18.7. The van der Waals surface area contributed by atoms with Gasteiger partial charge in [0.2, 0.25) is 0 Å². The summed E-state index contributed by atoms with van der Waals surface area (Å²) in [6.45, 7) is 9.15. The number of hydrogen-bond donors (Lipinski definition) is 3. The summed E-state index contributed by atoms with van der Waals surface area (Å²) < 4.78 is 21.0. The fraction of sp³-hybridized carbons (Fsp3) is 0.517. The Labute approximate surface area is 251 Å². The second-order valence-electron chi connectivity index (χ2n) is 9.47. The Hall–Kier alpha value is -2.00. The van der Waals surface area contributed by atoms with Crippen molar-refractivity contribution in [2.75, 3.05) is 37.7 Å². The maximum atomic E-state index is 12.7. The number of ether oxygens (including phenoxy) is 1. The molecule has 2 aromatic carbocycles. The van der Waals surface area contributed by atoms with Crippen LogP contribution >= 0.6 is 35.3 Å². The van der Waals surface area contributed by atoms with E-state index in [1.165, 1.54) is 18.6 Å². The Bertz CT molecular complexity index is 1110. The van der Waals surface area contributed by atoms with Crippen molar-refractivity contribution < 1.29 is 19.0 Å². The number of nitrogens with zero attached hydrogens (tertiary/aromatic N) is 2. The molecule has 0 radical (unpaired) electrons. The molecule has 0 bridgehead atoms. The van der Waals surface area contributed by atoms with Crippen molar-refractivity contribution in [1.29, 1.82) is 5.26 Å². The lowest BCUT2D eigenvalue weighted by Gasteiger charge is -2.35. The van der Waals surface area contributed by atoms with Gasteiger partial charge < -0.3 is 15.6 Å². The van der Waals surface area contributed by atoms with Crippen molar-refractivity contribution >= 4 is 46.9 Å². The third-order valence-corrected chi connectivity index (χ3v) is 8.49. The van der Waals surface area contributed by atoms with Gasteiger partial charge in [-0.3, -0.25) is 14.4 Å². The summed E-state index contributed by atoms with van der Waals surface area (Å²) in [5.41, 5.74) is 5.43. The minimum absolute atomic E-state index is 0.0939. The molecule has 0 aromatic heterocycles. The molecular weight excluding hydrogens is 571 g/mol. The lowest BCUT2D eigenvalue weighted by molar-refractivity contribution is -0.148. The maximum Gasteiger partial charge on any atom is 0.262 e. The quantitative estimate of drug-likeness (QED) is 0.132. The molecule has 40 heavy (non-hydrogen) atoms. The molecule has 2 heterocycles. The highest BCUT2D eigenvalue weighted by molar-refractivity contribution is 7.99. The Morgan fingerprint density at radius 1 is 1.25 bits per heavy atom. The van der Waals surface area contributed by atoms with Crippen LogP contribution in [0.25, 0.3) is 0 Å². The molecule has 11 heteroatoms. The van der Waals surface area contributed by atoms with Crippen LogP contribution in [0, 0.1) is 17.1 Å². The highest BCUT2D eigenvalue weighted by Crippen LogP contribution is 2.30. The summed E-state index contributed by atoms with van der Waals surface area (Å²) in [5, 5.41) is 18.4. The number of thioether (sulfide) groups is 1. The number of nitrogen functional groups attached to an aromatic ring is 1. The average Bonchev–Trinajstić information content (AvgIpc) is 2.95. The van der Waals surface area contributed by atoms with Gasteiger partial charge in [0.25, 0.3) is 5.91 Å². The first-order valence-electron chi connectivity index (χ1n) is 13.6. The van der Waals surface area contributed by atoms with E-state index in [1.54, 1.807) is 30.8 Å². The zero-order valence-corrected chi connectivity index (χ0v) is 25.8. The van der Waals surface area contributed by atoms with Gasteiger partial charge in [0.05, 0.1) is 22.4 Å². The monoisotopic (exact) mass is 610 g/mol. The second kappa shape index (κ2) is 17.7. The smallest absolute Gasteiger partial charge is 0.262 e. The number of amides is 1. The number of anilines is 1. The number of nitriles is 1. The number of rotatable bonds is 9. The van der Waals surface area contributed by atoms with E-state index in [1.807, 2.05) is 32.0 Å². The van der Waals surface area contributed by atoms with Crippen LogP contribution in [-0.4, -0.2) is 59.6 Å². The second-order valence-corrected chi connectivity index (χ2v) is 11.9. The minimum atomic E-state index is -0.791. The number of carbonyl (C=O) groups excluding carboxylic acids is 1. The van der Waals surface area contributed by atoms with E-state index in [2.05, 4.69) is 9.62 Å². The van der Waals surface area contributed by atoms with Crippen LogP contribution in [0.5, 0.6) is 0 Å². The van der Waals surface area contributed by atoms with E-state index in [0.29, 0.717) is 28.5 Å². The van der Waals surface area contributed by atoms with Crippen LogP contribution in [0.4, 0.5) is 10.1 Å².